The highest BCUT2D eigenvalue weighted by atomic mass is 19.4. The molecule has 1 fully saturated rings. The standard InChI is InChI=1S/C26H32N2O2.C2HF3O2/c29-25(24-7-6-22-10-14-27-15-11-23(22)19-24)8-9-26(30)28-16-12-21(13-17-28)18-20-4-2-1-3-5-20;3-2(4,5)1(6)7/h1-7,19,21,27H,8-18H2;(H,6,7). The molecule has 1 saturated heterocycles. The molecule has 0 radical (unpaired) electrons. The summed E-state index contributed by atoms with van der Waals surface area (Å²) >= 11 is 0. The van der Waals surface area contributed by atoms with Crippen molar-refractivity contribution in [3.8, 4) is 0 Å². The van der Waals surface area contributed by atoms with Crippen molar-refractivity contribution in [1.82, 2.24) is 10.2 Å². The number of rotatable bonds is 6. The third-order valence-corrected chi connectivity index (χ3v) is 6.81. The monoisotopic (exact) mass is 518 g/mol. The number of ketones is 1. The first-order valence-electron chi connectivity index (χ1n) is 12.6. The van der Waals surface area contributed by atoms with E-state index in [1.807, 2.05) is 17.0 Å². The molecule has 2 aromatic rings. The molecule has 0 saturated carbocycles. The second-order valence-electron chi connectivity index (χ2n) is 9.47. The van der Waals surface area contributed by atoms with E-state index in [9.17, 15) is 22.8 Å². The number of fused-ring (bicyclic) bond motifs is 1. The fourth-order valence-electron chi connectivity index (χ4n) is 4.70. The molecule has 0 bridgehead atoms. The maximum absolute atomic E-state index is 12.7. The van der Waals surface area contributed by atoms with Crippen LogP contribution in [0, 0.1) is 5.92 Å². The summed E-state index contributed by atoms with van der Waals surface area (Å²) in [6.07, 6.45) is 0.715. The van der Waals surface area contributed by atoms with E-state index in [2.05, 4.69) is 41.7 Å². The number of nitrogens with one attached hydrogen (secondary N) is 1. The Morgan fingerprint density at radius 3 is 2.16 bits per heavy atom. The maximum atomic E-state index is 12.7. The molecule has 9 heteroatoms. The van der Waals surface area contributed by atoms with Crippen molar-refractivity contribution in [2.24, 2.45) is 5.92 Å². The molecular formula is C28H33F3N2O4. The average molecular weight is 519 g/mol. The first-order valence-corrected chi connectivity index (χ1v) is 12.6. The van der Waals surface area contributed by atoms with Gasteiger partial charge in [0.05, 0.1) is 0 Å². The number of piperidine rings is 1. The lowest BCUT2D eigenvalue weighted by atomic mass is 9.90. The largest absolute Gasteiger partial charge is 0.490 e. The number of hydrogen-bond donors (Lipinski definition) is 2. The number of amides is 1. The number of aliphatic carboxylic acids is 1. The summed E-state index contributed by atoms with van der Waals surface area (Å²) in [6, 6.07) is 16.7. The van der Waals surface area contributed by atoms with Crippen LogP contribution in [0.5, 0.6) is 0 Å². The second kappa shape index (κ2) is 13.4. The number of carboxylic acid groups (broad SMARTS) is 1. The third-order valence-electron chi connectivity index (χ3n) is 6.81. The van der Waals surface area contributed by atoms with Gasteiger partial charge in [0.1, 0.15) is 0 Å². The van der Waals surface area contributed by atoms with Crippen LogP contribution < -0.4 is 5.32 Å². The van der Waals surface area contributed by atoms with Gasteiger partial charge in [0, 0.05) is 31.5 Å². The lowest BCUT2D eigenvalue weighted by Crippen LogP contribution is -2.39. The molecule has 0 aliphatic carbocycles. The van der Waals surface area contributed by atoms with Crippen molar-refractivity contribution in [3.05, 3.63) is 70.8 Å². The summed E-state index contributed by atoms with van der Waals surface area (Å²) in [7, 11) is 0. The van der Waals surface area contributed by atoms with Gasteiger partial charge < -0.3 is 15.3 Å². The molecule has 6 nitrogen and oxygen atoms in total. The van der Waals surface area contributed by atoms with Crippen molar-refractivity contribution in [2.45, 2.75) is 51.1 Å². The molecule has 200 valence electrons. The molecule has 0 unspecified atom stereocenters. The van der Waals surface area contributed by atoms with Crippen LogP contribution in [-0.2, 0) is 28.9 Å². The van der Waals surface area contributed by atoms with Crippen LogP contribution in [0.2, 0.25) is 0 Å². The molecule has 2 N–H and O–H groups in total. The molecule has 0 atom stereocenters. The summed E-state index contributed by atoms with van der Waals surface area (Å²) in [5.74, 6) is -1.90. The van der Waals surface area contributed by atoms with Gasteiger partial charge >= 0.3 is 12.1 Å². The number of carbonyl (C=O) groups excluding carboxylic acids is 2. The Balaban J connectivity index is 0.000000479. The molecular weight excluding hydrogens is 485 g/mol. The van der Waals surface area contributed by atoms with Crippen molar-refractivity contribution in [3.63, 3.8) is 0 Å². The number of carbonyl (C=O) groups is 3. The SMILES string of the molecule is O=C(CCC(=O)N1CCC(Cc2ccccc2)CC1)c1ccc2c(c1)CCNCC2.O=C(O)C(F)(F)F. The van der Waals surface area contributed by atoms with E-state index in [1.54, 1.807) is 0 Å². The highest BCUT2D eigenvalue weighted by Crippen LogP contribution is 2.23. The number of Topliss-reactive ketones (excluding diaryl/α,β-unsaturated/α-hetero) is 1. The Morgan fingerprint density at radius 1 is 0.919 bits per heavy atom. The molecule has 2 heterocycles. The van der Waals surface area contributed by atoms with Crippen LogP contribution in [-0.4, -0.2) is 60.0 Å². The van der Waals surface area contributed by atoms with E-state index >= 15 is 0 Å². The number of nitrogens with zero attached hydrogens (tertiary/aromatic N) is 1. The summed E-state index contributed by atoms with van der Waals surface area (Å²) in [6.45, 7) is 3.59. The Kier molecular flexibility index (Phi) is 10.3. The maximum Gasteiger partial charge on any atom is 0.490 e. The first kappa shape index (κ1) is 28.4. The summed E-state index contributed by atoms with van der Waals surface area (Å²) in [4.78, 5) is 36.2. The van der Waals surface area contributed by atoms with Crippen LogP contribution in [0.3, 0.4) is 0 Å². The predicted molar refractivity (Wildman–Crippen MR) is 133 cm³/mol. The van der Waals surface area contributed by atoms with Crippen molar-refractivity contribution < 1.29 is 32.7 Å². The van der Waals surface area contributed by atoms with Crippen molar-refractivity contribution in [1.29, 1.82) is 0 Å². The van der Waals surface area contributed by atoms with Crippen LogP contribution in [0.1, 0.15) is 52.7 Å². The molecule has 37 heavy (non-hydrogen) atoms. The number of halogens is 3. The van der Waals surface area contributed by atoms with E-state index in [-0.39, 0.29) is 11.7 Å². The first-order chi connectivity index (χ1) is 17.6. The summed E-state index contributed by atoms with van der Waals surface area (Å²) < 4.78 is 31.7. The second-order valence-corrected chi connectivity index (χ2v) is 9.47. The zero-order valence-corrected chi connectivity index (χ0v) is 20.7. The third kappa shape index (κ3) is 9.00. The molecule has 2 aliphatic rings. The van der Waals surface area contributed by atoms with Gasteiger partial charge in [-0.05, 0) is 73.9 Å². The normalized spacial score (nSPS) is 16.1. The number of hydrogen-bond acceptors (Lipinski definition) is 4. The zero-order valence-electron chi connectivity index (χ0n) is 20.7. The Labute approximate surface area is 214 Å². The van der Waals surface area contributed by atoms with Gasteiger partial charge in [-0.2, -0.15) is 13.2 Å². The molecule has 0 aromatic heterocycles. The Bertz CT molecular complexity index is 1060. The minimum Gasteiger partial charge on any atom is -0.475 e. The fraction of sp³-hybridized carbons (Fsp3) is 0.464. The zero-order chi connectivity index (χ0) is 26.8. The van der Waals surface area contributed by atoms with E-state index in [1.165, 1.54) is 16.7 Å². The highest BCUT2D eigenvalue weighted by Gasteiger charge is 2.38. The smallest absolute Gasteiger partial charge is 0.475 e. The minimum absolute atomic E-state index is 0.0855. The minimum atomic E-state index is -5.08. The van der Waals surface area contributed by atoms with Gasteiger partial charge in [0.15, 0.2) is 5.78 Å². The van der Waals surface area contributed by atoms with Gasteiger partial charge in [-0.1, -0.05) is 42.5 Å². The predicted octanol–water partition coefficient (Wildman–Crippen LogP) is 4.45. The number of alkyl halides is 3. The van der Waals surface area contributed by atoms with Gasteiger partial charge in [-0.3, -0.25) is 9.59 Å². The number of carboxylic acids is 1. The lowest BCUT2D eigenvalue weighted by molar-refractivity contribution is -0.192. The van der Waals surface area contributed by atoms with Crippen LogP contribution in [0.25, 0.3) is 0 Å². The topological polar surface area (TPSA) is 86.7 Å². The molecule has 1 amide bonds. The Morgan fingerprint density at radius 2 is 1.54 bits per heavy atom. The van der Waals surface area contributed by atoms with Crippen LogP contribution >= 0.6 is 0 Å². The number of likely N-dealkylation sites (tertiary alicyclic amines) is 1. The van der Waals surface area contributed by atoms with E-state index in [4.69, 9.17) is 9.90 Å². The van der Waals surface area contributed by atoms with E-state index < -0.39 is 12.1 Å². The summed E-state index contributed by atoms with van der Waals surface area (Å²) in [5.41, 5.74) is 4.75. The van der Waals surface area contributed by atoms with Crippen molar-refractivity contribution >= 4 is 17.7 Å². The van der Waals surface area contributed by atoms with E-state index in [0.717, 1.165) is 63.8 Å². The van der Waals surface area contributed by atoms with Crippen LogP contribution in [0.4, 0.5) is 13.2 Å². The van der Waals surface area contributed by atoms with Gasteiger partial charge in [-0.25, -0.2) is 4.79 Å². The Hall–Kier alpha value is -3.20. The summed E-state index contributed by atoms with van der Waals surface area (Å²) in [5, 5.41) is 10.5. The van der Waals surface area contributed by atoms with Gasteiger partial charge in [0.2, 0.25) is 5.91 Å². The molecule has 2 aliphatic heterocycles. The van der Waals surface area contributed by atoms with E-state index in [0.29, 0.717) is 18.8 Å². The highest BCUT2D eigenvalue weighted by molar-refractivity contribution is 5.98. The fourth-order valence-corrected chi connectivity index (χ4v) is 4.70. The lowest BCUT2D eigenvalue weighted by Gasteiger charge is -2.32. The van der Waals surface area contributed by atoms with Crippen molar-refractivity contribution in [2.75, 3.05) is 26.2 Å². The van der Waals surface area contributed by atoms with Gasteiger partial charge in [0.25, 0.3) is 0 Å². The number of benzene rings is 2. The molecule has 0 spiro atoms. The van der Waals surface area contributed by atoms with Gasteiger partial charge in [-0.15, -0.1) is 0 Å². The average Bonchev–Trinajstić information content (AvgIpc) is 3.13. The van der Waals surface area contributed by atoms with Crippen LogP contribution in [0.15, 0.2) is 48.5 Å². The molecule has 2 aromatic carbocycles. The molecule has 4 rings (SSSR count). The quantitative estimate of drug-likeness (QED) is 0.552.